The summed E-state index contributed by atoms with van der Waals surface area (Å²) in [5.74, 6) is 1.80. The Kier molecular flexibility index (Phi) is 5.25. The number of thioether (sulfide) groups is 1. The van der Waals surface area contributed by atoms with Gasteiger partial charge in [-0.2, -0.15) is 0 Å². The third-order valence-electron chi connectivity index (χ3n) is 3.60. The molecule has 0 radical (unpaired) electrons. The van der Waals surface area contributed by atoms with Crippen LogP contribution in [0.5, 0.6) is 5.75 Å². The normalized spacial score (nSPS) is 14.0. The van der Waals surface area contributed by atoms with Crippen LogP contribution in [0.25, 0.3) is 0 Å². The van der Waals surface area contributed by atoms with E-state index in [0.29, 0.717) is 5.25 Å². The topological polar surface area (TPSA) is 52.0 Å². The molecule has 5 nitrogen and oxygen atoms in total. The number of hydrogen-bond donors (Lipinski definition) is 1. The molecule has 0 bridgehead atoms. The van der Waals surface area contributed by atoms with Gasteiger partial charge in [0.2, 0.25) is 0 Å². The van der Waals surface area contributed by atoms with Crippen LogP contribution < -0.4 is 10.1 Å². The molecule has 0 aliphatic carbocycles. The summed E-state index contributed by atoms with van der Waals surface area (Å²) < 4.78 is 7.23. The first-order valence-corrected chi connectivity index (χ1v) is 7.78. The second-order valence-electron chi connectivity index (χ2n) is 4.95. The summed E-state index contributed by atoms with van der Waals surface area (Å²) in [6, 6.07) is 8.41. The molecule has 0 saturated carbocycles. The zero-order valence-corrected chi connectivity index (χ0v) is 13.9. The van der Waals surface area contributed by atoms with E-state index in [4.69, 9.17) is 4.74 Å². The van der Waals surface area contributed by atoms with E-state index in [1.165, 1.54) is 5.56 Å². The summed E-state index contributed by atoms with van der Waals surface area (Å²) in [5.41, 5.74) is 1.23. The average Bonchev–Trinajstić information content (AvgIpc) is 2.81. The number of rotatable bonds is 6. The molecule has 0 aliphatic rings. The Labute approximate surface area is 130 Å². The van der Waals surface area contributed by atoms with Crippen LogP contribution in [0.15, 0.2) is 29.4 Å². The fourth-order valence-electron chi connectivity index (χ4n) is 2.21. The van der Waals surface area contributed by atoms with Crippen LogP contribution in [0.1, 0.15) is 24.4 Å². The van der Waals surface area contributed by atoms with E-state index in [1.807, 2.05) is 37.7 Å². The van der Waals surface area contributed by atoms with Crippen LogP contribution in [0.4, 0.5) is 0 Å². The molecule has 0 aliphatic heterocycles. The van der Waals surface area contributed by atoms with Crippen LogP contribution in [-0.2, 0) is 7.05 Å². The first-order chi connectivity index (χ1) is 10.1. The molecular weight excluding hydrogens is 284 g/mol. The smallest absolute Gasteiger partial charge is 0.191 e. The van der Waals surface area contributed by atoms with Gasteiger partial charge in [0.1, 0.15) is 11.6 Å². The van der Waals surface area contributed by atoms with Crippen molar-refractivity contribution in [2.24, 2.45) is 7.05 Å². The number of aryl methyl sites for hydroxylation is 1. The van der Waals surface area contributed by atoms with Crippen molar-refractivity contribution in [1.29, 1.82) is 0 Å². The van der Waals surface area contributed by atoms with Gasteiger partial charge in [0.15, 0.2) is 5.16 Å². The van der Waals surface area contributed by atoms with Crippen molar-refractivity contribution in [3.63, 3.8) is 0 Å². The Balaban J connectivity index is 2.13. The fourth-order valence-corrected chi connectivity index (χ4v) is 3.35. The molecule has 0 amide bonds. The molecule has 21 heavy (non-hydrogen) atoms. The molecule has 2 unspecified atom stereocenters. The average molecular weight is 306 g/mol. The molecule has 1 aromatic carbocycles. The van der Waals surface area contributed by atoms with Crippen LogP contribution in [0.2, 0.25) is 0 Å². The summed E-state index contributed by atoms with van der Waals surface area (Å²) in [6.07, 6.45) is 0. The van der Waals surface area contributed by atoms with Gasteiger partial charge in [-0.15, -0.1) is 10.2 Å². The maximum atomic E-state index is 5.21. The summed E-state index contributed by atoms with van der Waals surface area (Å²) in [6.45, 7) is 4.15. The van der Waals surface area contributed by atoms with Gasteiger partial charge in [0.25, 0.3) is 0 Å². The highest BCUT2D eigenvalue weighted by atomic mass is 32.2. The fraction of sp³-hybridized carbons (Fsp3) is 0.467. The largest absolute Gasteiger partial charge is 0.497 e. The van der Waals surface area contributed by atoms with Crippen LogP contribution in [-0.4, -0.2) is 34.2 Å². The number of nitrogens with zero attached hydrogens (tertiary/aromatic N) is 3. The second kappa shape index (κ2) is 6.95. The van der Waals surface area contributed by atoms with E-state index < -0.39 is 0 Å². The number of ether oxygens (including phenoxy) is 1. The lowest BCUT2D eigenvalue weighted by molar-refractivity contribution is 0.414. The summed E-state index contributed by atoms with van der Waals surface area (Å²) in [7, 11) is 5.65. The summed E-state index contributed by atoms with van der Waals surface area (Å²) in [4.78, 5) is 0. The molecule has 2 rings (SSSR count). The maximum absolute atomic E-state index is 5.21. The van der Waals surface area contributed by atoms with E-state index in [0.717, 1.165) is 16.7 Å². The predicted molar refractivity (Wildman–Crippen MR) is 85.9 cm³/mol. The first-order valence-electron chi connectivity index (χ1n) is 6.90. The summed E-state index contributed by atoms with van der Waals surface area (Å²) >= 11 is 1.72. The van der Waals surface area contributed by atoms with Gasteiger partial charge in [0, 0.05) is 18.3 Å². The predicted octanol–water partition coefficient (Wildman–Crippen LogP) is 2.57. The van der Waals surface area contributed by atoms with Crippen LogP contribution in [0, 0.1) is 6.92 Å². The van der Waals surface area contributed by atoms with Crippen LogP contribution >= 0.6 is 11.8 Å². The number of benzene rings is 1. The van der Waals surface area contributed by atoms with Crippen molar-refractivity contribution in [3.8, 4) is 5.75 Å². The molecule has 114 valence electrons. The summed E-state index contributed by atoms with van der Waals surface area (Å²) in [5, 5.41) is 13.0. The van der Waals surface area contributed by atoms with Gasteiger partial charge in [-0.25, -0.2) is 0 Å². The molecule has 1 aromatic heterocycles. The van der Waals surface area contributed by atoms with E-state index in [-0.39, 0.29) is 6.04 Å². The number of methoxy groups -OCH3 is 1. The van der Waals surface area contributed by atoms with Gasteiger partial charge >= 0.3 is 0 Å². The quantitative estimate of drug-likeness (QED) is 0.831. The Hall–Kier alpha value is -1.53. The number of hydrogen-bond acceptors (Lipinski definition) is 5. The lowest BCUT2D eigenvalue weighted by atomic mass is 10.0. The minimum atomic E-state index is 0.234. The lowest BCUT2D eigenvalue weighted by Gasteiger charge is -2.23. The molecule has 0 fully saturated rings. The molecular formula is C15H22N4OS. The number of aromatic nitrogens is 3. The van der Waals surface area contributed by atoms with E-state index in [9.17, 15) is 0 Å². The Bertz CT molecular complexity index is 582. The highest BCUT2D eigenvalue weighted by Gasteiger charge is 2.21. The standard InChI is InChI=1S/C15H22N4OS/c1-10(21-15-18-17-11(2)19(15)4)14(16-3)12-6-8-13(20-5)9-7-12/h6-10,14,16H,1-5H3. The molecule has 2 aromatic rings. The highest BCUT2D eigenvalue weighted by Crippen LogP contribution is 2.31. The monoisotopic (exact) mass is 306 g/mol. The van der Waals surface area contributed by atoms with Crippen LogP contribution in [0.3, 0.4) is 0 Å². The van der Waals surface area contributed by atoms with E-state index in [1.54, 1.807) is 18.9 Å². The zero-order valence-electron chi connectivity index (χ0n) is 13.1. The molecule has 0 spiro atoms. The third kappa shape index (κ3) is 3.57. The Morgan fingerprint density at radius 3 is 2.38 bits per heavy atom. The highest BCUT2D eigenvalue weighted by molar-refractivity contribution is 7.99. The third-order valence-corrected chi connectivity index (χ3v) is 4.81. The van der Waals surface area contributed by atoms with Gasteiger partial charge in [-0.05, 0) is 31.7 Å². The first kappa shape index (κ1) is 15.9. The molecule has 1 N–H and O–H groups in total. The van der Waals surface area contributed by atoms with Crippen molar-refractivity contribution in [2.75, 3.05) is 14.2 Å². The van der Waals surface area contributed by atoms with E-state index >= 15 is 0 Å². The zero-order chi connectivity index (χ0) is 15.4. The Morgan fingerprint density at radius 1 is 1.24 bits per heavy atom. The Morgan fingerprint density at radius 2 is 1.90 bits per heavy atom. The molecule has 0 saturated heterocycles. The molecule has 1 heterocycles. The van der Waals surface area contributed by atoms with Crippen molar-refractivity contribution in [1.82, 2.24) is 20.1 Å². The molecule has 2 atom stereocenters. The lowest BCUT2D eigenvalue weighted by Crippen LogP contribution is -2.25. The minimum absolute atomic E-state index is 0.234. The van der Waals surface area contributed by atoms with Gasteiger partial charge in [-0.3, -0.25) is 0 Å². The van der Waals surface area contributed by atoms with Crippen molar-refractivity contribution < 1.29 is 4.74 Å². The van der Waals surface area contributed by atoms with Crippen molar-refractivity contribution in [3.05, 3.63) is 35.7 Å². The van der Waals surface area contributed by atoms with Gasteiger partial charge in [-0.1, -0.05) is 30.8 Å². The second-order valence-corrected chi connectivity index (χ2v) is 6.30. The maximum Gasteiger partial charge on any atom is 0.191 e. The minimum Gasteiger partial charge on any atom is -0.497 e. The number of nitrogens with one attached hydrogen (secondary N) is 1. The van der Waals surface area contributed by atoms with Gasteiger partial charge < -0.3 is 14.6 Å². The SMILES string of the molecule is CNC(c1ccc(OC)cc1)C(C)Sc1nnc(C)n1C. The van der Waals surface area contributed by atoms with Crippen molar-refractivity contribution in [2.45, 2.75) is 30.3 Å². The van der Waals surface area contributed by atoms with Gasteiger partial charge in [0.05, 0.1) is 7.11 Å². The molecule has 6 heteroatoms. The van der Waals surface area contributed by atoms with E-state index in [2.05, 4.69) is 34.6 Å². The van der Waals surface area contributed by atoms with Crippen molar-refractivity contribution >= 4 is 11.8 Å².